The highest BCUT2D eigenvalue weighted by atomic mass is 32.2. The average molecular weight is 480 g/mol. The van der Waals surface area contributed by atoms with E-state index in [1.165, 1.54) is 38.6 Å². The number of methoxy groups -OCH3 is 3. The first-order chi connectivity index (χ1) is 16.3. The molecule has 8 heteroatoms. The number of pyridine rings is 1. The number of hydrogen-bond donors (Lipinski definition) is 0. The van der Waals surface area contributed by atoms with Gasteiger partial charge in [0.25, 0.3) is 0 Å². The fourth-order valence-corrected chi connectivity index (χ4v) is 5.15. The minimum absolute atomic E-state index is 0.0611. The standard InChI is InChI=1S/C26H25NO6S/c1-17-5-11-20(12-6-17)34(29,30)25-16-27(15-18-7-9-19(31-2)10-8-18)22-14-24(33-4)23(32-3)13-21(22)26(25)28/h5-14,16H,15H2,1-4H3. The number of ether oxygens (including phenoxy) is 3. The molecule has 0 radical (unpaired) electrons. The van der Waals surface area contributed by atoms with Crippen molar-refractivity contribution in [2.75, 3.05) is 21.3 Å². The van der Waals surface area contributed by atoms with Crippen molar-refractivity contribution in [3.8, 4) is 17.2 Å². The van der Waals surface area contributed by atoms with Crippen molar-refractivity contribution >= 4 is 20.7 Å². The van der Waals surface area contributed by atoms with Gasteiger partial charge in [0.15, 0.2) is 11.5 Å². The minimum Gasteiger partial charge on any atom is -0.497 e. The highest BCUT2D eigenvalue weighted by Crippen LogP contribution is 2.32. The number of aryl methyl sites for hydroxylation is 1. The van der Waals surface area contributed by atoms with Crippen LogP contribution >= 0.6 is 0 Å². The van der Waals surface area contributed by atoms with Gasteiger partial charge >= 0.3 is 0 Å². The highest BCUT2D eigenvalue weighted by Gasteiger charge is 2.25. The van der Waals surface area contributed by atoms with E-state index < -0.39 is 15.3 Å². The second kappa shape index (κ2) is 9.23. The van der Waals surface area contributed by atoms with Crippen LogP contribution in [0.2, 0.25) is 0 Å². The van der Waals surface area contributed by atoms with Crippen molar-refractivity contribution in [3.63, 3.8) is 0 Å². The molecule has 0 N–H and O–H groups in total. The Kier molecular flexibility index (Phi) is 6.34. The highest BCUT2D eigenvalue weighted by molar-refractivity contribution is 7.91. The summed E-state index contributed by atoms with van der Waals surface area (Å²) in [4.78, 5) is 13.2. The van der Waals surface area contributed by atoms with E-state index >= 15 is 0 Å². The van der Waals surface area contributed by atoms with Crippen molar-refractivity contribution in [2.24, 2.45) is 0 Å². The molecule has 0 fully saturated rings. The van der Waals surface area contributed by atoms with Gasteiger partial charge in [0.2, 0.25) is 15.3 Å². The maximum absolute atomic E-state index is 13.5. The van der Waals surface area contributed by atoms with Gasteiger partial charge in [-0.05, 0) is 42.8 Å². The molecule has 0 amide bonds. The summed E-state index contributed by atoms with van der Waals surface area (Å²) in [7, 11) is 0.496. The Morgan fingerprint density at radius 2 is 1.44 bits per heavy atom. The second-order valence-corrected chi connectivity index (χ2v) is 9.76. The molecule has 0 bridgehead atoms. The summed E-state index contributed by atoms with van der Waals surface area (Å²) in [5.74, 6) is 1.49. The monoisotopic (exact) mass is 479 g/mol. The molecule has 0 spiro atoms. The van der Waals surface area contributed by atoms with Crippen LogP contribution in [0, 0.1) is 6.92 Å². The Morgan fingerprint density at radius 3 is 2.03 bits per heavy atom. The summed E-state index contributed by atoms with van der Waals surface area (Å²) in [6, 6.07) is 17.1. The zero-order valence-electron chi connectivity index (χ0n) is 19.4. The number of benzene rings is 3. The Hall–Kier alpha value is -3.78. The molecule has 4 aromatic rings. The molecule has 0 atom stereocenters. The molecule has 34 heavy (non-hydrogen) atoms. The van der Waals surface area contributed by atoms with Gasteiger partial charge in [-0.25, -0.2) is 8.42 Å². The SMILES string of the molecule is COc1ccc(Cn2cc(S(=O)(=O)c3ccc(C)cc3)c(=O)c3cc(OC)c(OC)cc32)cc1. The molecule has 1 heterocycles. The first kappa shape index (κ1) is 23.4. The predicted molar refractivity (Wildman–Crippen MR) is 130 cm³/mol. The van der Waals surface area contributed by atoms with Crippen LogP contribution in [0.1, 0.15) is 11.1 Å². The quantitative estimate of drug-likeness (QED) is 0.395. The van der Waals surface area contributed by atoms with Gasteiger partial charge in [-0.3, -0.25) is 4.79 Å². The zero-order chi connectivity index (χ0) is 24.5. The van der Waals surface area contributed by atoms with E-state index in [1.54, 1.807) is 29.9 Å². The van der Waals surface area contributed by atoms with Crippen LogP contribution in [-0.2, 0) is 16.4 Å². The van der Waals surface area contributed by atoms with Crippen LogP contribution in [0.15, 0.2) is 81.4 Å². The first-order valence-electron chi connectivity index (χ1n) is 10.5. The maximum atomic E-state index is 13.5. The molecule has 0 saturated heterocycles. The van der Waals surface area contributed by atoms with Crippen molar-refractivity contribution in [2.45, 2.75) is 23.3 Å². The van der Waals surface area contributed by atoms with Crippen molar-refractivity contribution in [3.05, 3.63) is 88.2 Å². The first-order valence-corrected chi connectivity index (χ1v) is 12.0. The molecule has 0 aliphatic rings. The third-order valence-electron chi connectivity index (χ3n) is 5.69. The number of hydrogen-bond acceptors (Lipinski definition) is 6. The van der Waals surface area contributed by atoms with E-state index in [1.807, 2.05) is 31.2 Å². The normalized spacial score (nSPS) is 11.4. The van der Waals surface area contributed by atoms with Crippen molar-refractivity contribution < 1.29 is 22.6 Å². The van der Waals surface area contributed by atoms with Crippen LogP contribution < -0.4 is 19.6 Å². The van der Waals surface area contributed by atoms with Gasteiger partial charge in [0, 0.05) is 18.8 Å². The van der Waals surface area contributed by atoms with Crippen molar-refractivity contribution in [1.29, 1.82) is 0 Å². The summed E-state index contributed by atoms with van der Waals surface area (Å²) in [5, 5.41) is 0.222. The Labute approximate surface area is 198 Å². The summed E-state index contributed by atoms with van der Waals surface area (Å²) < 4.78 is 44.7. The van der Waals surface area contributed by atoms with Gasteiger partial charge in [-0.1, -0.05) is 29.8 Å². The maximum Gasteiger partial charge on any atom is 0.211 e. The molecular formula is C26H25NO6S. The summed E-state index contributed by atoms with van der Waals surface area (Å²) in [6.45, 7) is 2.20. The summed E-state index contributed by atoms with van der Waals surface area (Å²) in [6.07, 6.45) is 1.40. The summed E-state index contributed by atoms with van der Waals surface area (Å²) in [5.41, 5.74) is 1.76. The number of fused-ring (bicyclic) bond motifs is 1. The molecule has 7 nitrogen and oxygen atoms in total. The lowest BCUT2D eigenvalue weighted by molar-refractivity contribution is 0.355. The topological polar surface area (TPSA) is 83.8 Å². The Morgan fingerprint density at radius 1 is 0.824 bits per heavy atom. The van der Waals surface area contributed by atoms with Gasteiger partial charge in [0.05, 0.1) is 37.1 Å². The van der Waals surface area contributed by atoms with Crippen LogP contribution in [-0.4, -0.2) is 34.3 Å². The van der Waals surface area contributed by atoms with Crippen LogP contribution in [0.25, 0.3) is 10.9 Å². The Bertz CT molecular complexity index is 1500. The predicted octanol–water partition coefficient (Wildman–Crippen LogP) is 4.22. The van der Waals surface area contributed by atoms with E-state index in [0.29, 0.717) is 29.3 Å². The number of sulfone groups is 1. The second-order valence-electron chi connectivity index (χ2n) is 7.84. The lowest BCUT2D eigenvalue weighted by atomic mass is 10.1. The molecule has 176 valence electrons. The van der Waals surface area contributed by atoms with E-state index in [9.17, 15) is 13.2 Å². The smallest absolute Gasteiger partial charge is 0.211 e. The van der Waals surface area contributed by atoms with E-state index in [0.717, 1.165) is 11.1 Å². The van der Waals surface area contributed by atoms with Crippen LogP contribution in [0.5, 0.6) is 17.2 Å². The van der Waals surface area contributed by atoms with Crippen molar-refractivity contribution in [1.82, 2.24) is 4.57 Å². The molecule has 3 aromatic carbocycles. The van der Waals surface area contributed by atoms with Gasteiger partial charge in [0.1, 0.15) is 10.6 Å². The van der Waals surface area contributed by atoms with E-state index in [-0.39, 0.29) is 15.2 Å². The zero-order valence-corrected chi connectivity index (χ0v) is 20.2. The fraction of sp³-hybridized carbons (Fsp3) is 0.192. The third-order valence-corrected chi connectivity index (χ3v) is 7.45. The number of rotatable bonds is 7. The lowest BCUT2D eigenvalue weighted by Crippen LogP contribution is -2.20. The van der Waals surface area contributed by atoms with Gasteiger partial charge < -0.3 is 18.8 Å². The van der Waals surface area contributed by atoms with E-state index in [4.69, 9.17) is 14.2 Å². The average Bonchev–Trinajstić information content (AvgIpc) is 2.85. The van der Waals surface area contributed by atoms with Gasteiger partial charge in [-0.15, -0.1) is 0 Å². The van der Waals surface area contributed by atoms with E-state index in [2.05, 4.69) is 0 Å². The molecule has 0 aliphatic heterocycles. The lowest BCUT2D eigenvalue weighted by Gasteiger charge is -2.17. The van der Waals surface area contributed by atoms with Crippen LogP contribution in [0.4, 0.5) is 0 Å². The molecule has 0 unspecified atom stereocenters. The number of nitrogens with zero attached hydrogens (tertiary/aromatic N) is 1. The minimum atomic E-state index is -4.06. The molecule has 0 aliphatic carbocycles. The Balaban J connectivity index is 1.98. The largest absolute Gasteiger partial charge is 0.497 e. The molecule has 0 saturated carbocycles. The third kappa shape index (κ3) is 4.24. The van der Waals surface area contributed by atoms with Gasteiger partial charge in [-0.2, -0.15) is 0 Å². The summed E-state index contributed by atoms with van der Waals surface area (Å²) >= 11 is 0. The van der Waals surface area contributed by atoms with Crippen LogP contribution in [0.3, 0.4) is 0 Å². The molecule has 1 aromatic heterocycles. The number of aromatic nitrogens is 1. The molecular weight excluding hydrogens is 454 g/mol. The molecule has 4 rings (SSSR count). The fourth-order valence-electron chi connectivity index (χ4n) is 3.78.